The lowest BCUT2D eigenvalue weighted by Gasteiger charge is -2.13. The molecule has 0 aliphatic heterocycles. The first-order valence-corrected chi connectivity index (χ1v) is 9.12. The number of benzene rings is 1. The molecule has 0 fully saturated rings. The van der Waals surface area contributed by atoms with E-state index in [0.29, 0.717) is 6.54 Å². The Labute approximate surface area is 147 Å². The highest BCUT2D eigenvalue weighted by molar-refractivity contribution is 7.89. The molecule has 0 aliphatic rings. The SMILES string of the molecule is COc1cc(C)c(C)cc1S(=O)(=O)NCC(=O)NCc1ccncc1. The van der Waals surface area contributed by atoms with Crippen LogP contribution in [0.1, 0.15) is 16.7 Å². The van der Waals surface area contributed by atoms with Gasteiger partial charge in [-0.1, -0.05) is 0 Å². The number of aryl methyl sites for hydroxylation is 2. The summed E-state index contributed by atoms with van der Waals surface area (Å²) in [5.74, 6) is -0.184. The summed E-state index contributed by atoms with van der Waals surface area (Å²) in [7, 11) is -2.46. The largest absolute Gasteiger partial charge is 0.495 e. The Kier molecular flexibility index (Phi) is 6.11. The number of sulfonamides is 1. The standard InChI is InChI=1S/C17H21N3O4S/c1-12-8-15(24-3)16(9-13(12)2)25(22,23)20-11-17(21)19-10-14-4-6-18-7-5-14/h4-9,20H,10-11H2,1-3H3,(H,19,21). The highest BCUT2D eigenvalue weighted by atomic mass is 32.2. The predicted molar refractivity (Wildman–Crippen MR) is 93.7 cm³/mol. The van der Waals surface area contributed by atoms with Gasteiger partial charge in [0.2, 0.25) is 15.9 Å². The molecule has 25 heavy (non-hydrogen) atoms. The van der Waals surface area contributed by atoms with Crippen LogP contribution in [0.5, 0.6) is 5.75 Å². The number of carbonyl (C=O) groups excluding carboxylic acids is 1. The summed E-state index contributed by atoms with van der Waals surface area (Å²) in [6.07, 6.45) is 3.24. The molecule has 2 N–H and O–H groups in total. The topological polar surface area (TPSA) is 97.4 Å². The van der Waals surface area contributed by atoms with Crippen LogP contribution >= 0.6 is 0 Å². The van der Waals surface area contributed by atoms with Gasteiger partial charge in [-0.15, -0.1) is 0 Å². The number of ether oxygens (including phenoxy) is 1. The van der Waals surface area contributed by atoms with E-state index in [4.69, 9.17) is 4.74 Å². The number of rotatable bonds is 7. The Morgan fingerprint density at radius 1 is 1.16 bits per heavy atom. The first-order chi connectivity index (χ1) is 11.8. The minimum atomic E-state index is -3.87. The van der Waals surface area contributed by atoms with Crippen LogP contribution in [0.3, 0.4) is 0 Å². The molecule has 0 unspecified atom stereocenters. The second-order valence-corrected chi connectivity index (χ2v) is 7.28. The van der Waals surface area contributed by atoms with Crippen molar-refractivity contribution in [2.75, 3.05) is 13.7 Å². The zero-order valence-corrected chi connectivity index (χ0v) is 15.2. The maximum absolute atomic E-state index is 12.5. The van der Waals surface area contributed by atoms with Gasteiger partial charge in [-0.2, -0.15) is 0 Å². The van der Waals surface area contributed by atoms with Gasteiger partial charge < -0.3 is 10.1 Å². The zero-order valence-electron chi connectivity index (χ0n) is 14.4. The van der Waals surface area contributed by atoms with Crippen LogP contribution in [0.15, 0.2) is 41.6 Å². The quantitative estimate of drug-likeness (QED) is 0.773. The van der Waals surface area contributed by atoms with E-state index in [2.05, 4.69) is 15.0 Å². The van der Waals surface area contributed by atoms with Gasteiger partial charge in [0.15, 0.2) is 0 Å². The van der Waals surface area contributed by atoms with E-state index in [1.165, 1.54) is 13.2 Å². The molecule has 0 radical (unpaired) electrons. The van der Waals surface area contributed by atoms with E-state index >= 15 is 0 Å². The molecule has 1 aromatic heterocycles. The molecular formula is C17H21N3O4S. The summed E-state index contributed by atoms with van der Waals surface area (Å²) >= 11 is 0. The van der Waals surface area contributed by atoms with Crippen molar-refractivity contribution in [3.63, 3.8) is 0 Å². The van der Waals surface area contributed by atoms with Crippen molar-refractivity contribution < 1.29 is 17.9 Å². The van der Waals surface area contributed by atoms with Gasteiger partial charge in [-0.3, -0.25) is 9.78 Å². The van der Waals surface area contributed by atoms with Crippen molar-refractivity contribution in [3.8, 4) is 5.75 Å². The third-order valence-corrected chi connectivity index (χ3v) is 5.15. The molecule has 8 heteroatoms. The summed E-state index contributed by atoms with van der Waals surface area (Å²) < 4.78 is 32.4. The molecular weight excluding hydrogens is 342 g/mol. The van der Waals surface area contributed by atoms with E-state index in [-0.39, 0.29) is 17.2 Å². The highest BCUT2D eigenvalue weighted by Gasteiger charge is 2.21. The lowest BCUT2D eigenvalue weighted by molar-refractivity contribution is -0.120. The number of carbonyl (C=O) groups is 1. The van der Waals surface area contributed by atoms with Gasteiger partial charge in [-0.05, 0) is 54.8 Å². The summed E-state index contributed by atoms with van der Waals surface area (Å²) in [6, 6.07) is 6.73. The average molecular weight is 363 g/mol. The number of hydrogen-bond donors (Lipinski definition) is 2. The molecule has 2 aromatic rings. The Morgan fingerprint density at radius 3 is 2.44 bits per heavy atom. The van der Waals surface area contributed by atoms with E-state index in [1.807, 2.05) is 13.8 Å². The third kappa shape index (κ3) is 5.01. The van der Waals surface area contributed by atoms with Crippen LogP contribution in [0, 0.1) is 13.8 Å². The van der Waals surface area contributed by atoms with Crippen molar-refractivity contribution in [2.45, 2.75) is 25.3 Å². The minimum Gasteiger partial charge on any atom is -0.495 e. The maximum Gasteiger partial charge on any atom is 0.244 e. The number of nitrogens with zero attached hydrogens (tertiary/aromatic N) is 1. The Morgan fingerprint density at radius 2 is 1.80 bits per heavy atom. The summed E-state index contributed by atoms with van der Waals surface area (Å²) in [5.41, 5.74) is 2.62. The van der Waals surface area contributed by atoms with Crippen LogP contribution in [-0.4, -0.2) is 33.0 Å². The van der Waals surface area contributed by atoms with Gasteiger partial charge in [0.1, 0.15) is 10.6 Å². The monoisotopic (exact) mass is 363 g/mol. The number of methoxy groups -OCH3 is 1. The average Bonchev–Trinajstić information content (AvgIpc) is 2.61. The van der Waals surface area contributed by atoms with Crippen molar-refractivity contribution in [1.29, 1.82) is 0 Å². The van der Waals surface area contributed by atoms with Crippen molar-refractivity contribution in [3.05, 3.63) is 53.3 Å². The van der Waals surface area contributed by atoms with Crippen molar-refractivity contribution in [2.24, 2.45) is 0 Å². The normalized spacial score (nSPS) is 11.2. The van der Waals surface area contributed by atoms with E-state index in [0.717, 1.165) is 16.7 Å². The molecule has 1 heterocycles. The van der Waals surface area contributed by atoms with Crippen LogP contribution in [0.2, 0.25) is 0 Å². The molecule has 7 nitrogen and oxygen atoms in total. The van der Waals surface area contributed by atoms with E-state index in [1.54, 1.807) is 30.6 Å². The minimum absolute atomic E-state index is 0.0139. The van der Waals surface area contributed by atoms with Gasteiger partial charge in [0, 0.05) is 18.9 Å². The molecule has 1 amide bonds. The third-order valence-electron chi connectivity index (χ3n) is 3.73. The number of amides is 1. The van der Waals surface area contributed by atoms with Crippen LogP contribution in [-0.2, 0) is 21.4 Å². The number of nitrogens with one attached hydrogen (secondary N) is 2. The lowest BCUT2D eigenvalue weighted by Crippen LogP contribution is -2.36. The molecule has 0 aliphatic carbocycles. The summed E-state index contributed by atoms with van der Waals surface area (Å²) in [5, 5.41) is 2.65. The number of pyridine rings is 1. The van der Waals surface area contributed by atoms with Gasteiger partial charge in [0.05, 0.1) is 13.7 Å². The van der Waals surface area contributed by atoms with Crippen molar-refractivity contribution >= 4 is 15.9 Å². The fourth-order valence-electron chi connectivity index (χ4n) is 2.13. The lowest BCUT2D eigenvalue weighted by atomic mass is 10.1. The fraction of sp³-hybridized carbons (Fsp3) is 0.294. The first-order valence-electron chi connectivity index (χ1n) is 7.64. The summed E-state index contributed by atoms with van der Waals surface area (Å²) in [4.78, 5) is 15.8. The second-order valence-electron chi connectivity index (χ2n) is 5.54. The van der Waals surface area contributed by atoms with Gasteiger partial charge in [0.25, 0.3) is 0 Å². The van der Waals surface area contributed by atoms with Crippen LogP contribution in [0.25, 0.3) is 0 Å². The molecule has 134 valence electrons. The Hall–Kier alpha value is -2.45. The second kappa shape index (κ2) is 8.09. The Balaban J connectivity index is 2.02. The van der Waals surface area contributed by atoms with Gasteiger partial charge >= 0.3 is 0 Å². The molecule has 0 saturated carbocycles. The molecule has 0 bridgehead atoms. The first kappa shape index (κ1) is 18.9. The molecule has 1 aromatic carbocycles. The zero-order chi connectivity index (χ0) is 18.4. The molecule has 0 saturated heterocycles. The van der Waals surface area contributed by atoms with E-state index in [9.17, 15) is 13.2 Å². The summed E-state index contributed by atoms with van der Waals surface area (Å²) in [6.45, 7) is 3.63. The number of aromatic nitrogens is 1. The smallest absolute Gasteiger partial charge is 0.244 e. The maximum atomic E-state index is 12.5. The van der Waals surface area contributed by atoms with E-state index < -0.39 is 15.9 Å². The van der Waals surface area contributed by atoms with Crippen LogP contribution in [0.4, 0.5) is 0 Å². The predicted octanol–water partition coefficient (Wildman–Crippen LogP) is 1.30. The molecule has 2 rings (SSSR count). The highest BCUT2D eigenvalue weighted by Crippen LogP contribution is 2.27. The molecule has 0 atom stereocenters. The number of hydrogen-bond acceptors (Lipinski definition) is 5. The van der Waals surface area contributed by atoms with Gasteiger partial charge in [-0.25, -0.2) is 13.1 Å². The van der Waals surface area contributed by atoms with Crippen LogP contribution < -0.4 is 14.8 Å². The fourth-order valence-corrected chi connectivity index (χ4v) is 3.35. The Bertz CT molecular complexity index is 852. The molecule has 0 spiro atoms. The van der Waals surface area contributed by atoms with Crippen molar-refractivity contribution in [1.82, 2.24) is 15.0 Å².